The van der Waals surface area contributed by atoms with E-state index in [2.05, 4.69) is 12.2 Å². The lowest BCUT2D eigenvalue weighted by Crippen LogP contribution is -2.30. The van der Waals surface area contributed by atoms with Gasteiger partial charge in [-0.25, -0.2) is 4.79 Å². The van der Waals surface area contributed by atoms with Crippen LogP contribution >= 0.6 is 0 Å². The van der Waals surface area contributed by atoms with Crippen LogP contribution in [0.2, 0.25) is 0 Å². The first-order valence-electron chi connectivity index (χ1n) is 8.19. The SMILES string of the molecule is CCC1CCCCC1OC(=O)c1ccccc1CCNC. The second-order valence-corrected chi connectivity index (χ2v) is 5.91. The van der Waals surface area contributed by atoms with E-state index in [9.17, 15) is 4.79 Å². The minimum Gasteiger partial charge on any atom is -0.458 e. The van der Waals surface area contributed by atoms with Crippen molar-refractivity contribution in [3.8, 4) is 0 Å². The van der Waals surface area contributed by atoms with Crippen LogP contribution in [-0.2, 0) is 11.2 Å². The molecule has 1 N–H and O–H groups in total. The summed E-state index contributed by atoms with van der Waals surface area (Å²) in [6, 6.07) is 7.80. The lowest BCUT2D eigenvalue weighted by Gasteiger charge is -2.30. The van der Waals surface area contributed by atoms with Crippen LogP contribution < -0.4 is 5.32 Å². The Kier molecular flexibility index (Phi) is 6.24. The minimum atomic E-state index is -0.146. The molecule has 0 radical (unpaired) electrons. The molecule has 0 amide bonds. The quantitative estimate of drug-likeness (QED) is 0.814. The Bertz CT molecular complexity index is 458. The molecule has 0 bridgehead atoms. The number of nitrogens with one attached hydrogen (secondary N) is 1. The molecule has 1 aromatic rings. The summed E-state index contributed by atoms with van der Waals surface area (Å²) in [6.45, 7) is 3.06. The second kappa shape index (κ2) is 8.18. The summed E-state index contributed by atoms with van der Waals surface area (Å²) in [7, 11) is 1.93. The number of carbonyl (C=O) groups excluding carboxylic acids is 1. The van der Waals surface area contributed by atoms with Crippen LogP contribution in [0.3, 0.4) is 0 Å². The van der Waals surface area contributed by atoms with Gasteiger partial charge in [-0.3, -0.25) is 0 Å². The van der Waals surface area contributed by atoms with Gasteiger partial charge in [-0.05, 0) is 63.2 Å². The van der Waals surface area contributed by atoms with Crippen LogP contribution in [0.1, 0.15) is 54.9 Å². The maximum Gasteiger partial charge on any atom is 0.338 e. The highest BCUT2D eigenvalue weighted by Gasteiger charge is 2.27. The fourth-order valence-electron chi connectivity index (χ4n) is 3.19. The monoisotopic (exact) mass is 289 g/mol. The first-order chi connectivity index (χ1) is 10.3. The van der Waals surface area contributed by atoms with Crippen LogP contribution in [0.25, 0.3) is 0 Å². The predicted octanol–water partition coefficient (Wildman–Crippen LogP) is 3.57. The molecule has 1 aromatic carbocycles. The molecule has 3 heteroatoms. The average Bonchev–Trinajstić information content (AvgIpc) is 2.53. The van der Waals surface area contributed by atoms with Gasteiger partial charge in [0.25, 0.3) is 0 Å². The van der Waals surface area contributed by atoms with E-state index in [0.29, 0.717) is 5.92 Å². The molecule has 0 spiro atoms. The van der Waals surface area contributed by atoms with E-state index in [0.717, 1.165) is 36.9 Å². The summed E-state index contributed by atoms with van der Waals surface area (Å²) >= 11 is 0. The number of ether oxygens (including phenoxy) is 1. The summed E-state index contributed by atoms with van der Waals surface area (Å²) in [5.74, 6) is 0.388. The molecule has 1 fully saturated rings. The number of hydrogen-bond acceptors (Lipinski definition) is 3. The molecular weight excluding hydrogens is 262 g/mol. The molecule has 0 aliphatic heterocycles. The fourth-order valence-corrected chi connectivity index (χ4v) is 3.19. The van der Waals surface area contributed by atoms with E-state index in [1.807, 2.05) is 31.3 Å². The standard InChI is InChI=1S/C18H27NO2/c1-3-14-8-5-7-11-17(14)21-18(20)16-10-6-4-9-15(16)12-13-19-2/h4,6,9-10,14,17,19H,3,5,7-8,11-13H2,1-2H3. The van der Waals surface area contributed by atoms with Crippen molar-refractivity contribution in [1.82, 2.24) is 5.32 Å². The summed E-state index contributed by atoms with van der Waals surface area (Å²) in [5.41, 5.74) is 1.80. The van der Waals surface area contributed by atoms with Crippen molar-refractivity contribution in [3.05, 3.63) is 35.4 Å². The van der Waals surface area contributed by atoms with Crippen LogP contribution in [0.15, 0.2) is 24.3 Å². The van der Waals surface area contributed by atoms with Gasteiger partial charge in [0.2, 0.25) is 0 Å². The third-order valence-corrected chi connectivity index (χ3v) is 4.50. The van der Waals surface area contributed by atoms with Gasteiger partial charge >= 0.3 is 5.97 Å². The van der Waals surface area contributed by atoms with Gasteiger partial charge in [0.05, 0.1) is 5.56 Å². The van der Waals surface area contributed by atoms with Gasteiger partial charge in [0.15, 0.2) is 0 Å². The molecule has 2 unspecified atom stereocenters. The second-order valence-electron chi connectivity index (χ2n) is 5.91. The van der Waals surface area contributed by atoms with Crippen molar-refractivity contribution in [2.45, 2.75) is 51.6 Å². The topological polar surface area (TPSA) is 38.3 Å². The van der Waals surface area contributed by atoms with E-state index >= 15 is 0 Å². The zero-order chi connectivity index (χ0) is 15.1. The molecule has 3 nitrogen and oxygen atoms in total. The van der Waals surface area contributed by atoms with Gasteiger partial charge in [-0.1, -0.05) is 31.5 Å². The molecule has 0 saturated heterocycles. The number of hydrogen-bond donors (Lipinski definition) is 1. The first-order valence-corrected chi connectivity index (χ1v) is 8.19. The number of benzene rings is 1. The smallest absolute Gasteiger partial charge is 0.338 e. The van der Waals surface area contributed by atoms with Crippen LogP contribution in [-0.4, -0.2) is 25.7 Å². The Morgan fingerprint density at radius 1 is 1.29 bits per heavy atom. The Labute approximate surface area is 128 Å². The number of esters is 1. The molecule has 1 aliphatic rings. The summed E-state index contributed by atoms with van der Waals surface area (Å²) in [5, 5.41) is 3.13. The molecule has 116 valence electrons. The third-order valence-electron chi connectivity index (χ3n) is 4.50. The van der Waals surface area contributed by atoms with Gasteiger partial charge in [-0.15, -0.1) is 0 Å². The largest absolute Gasteiger partial charge is 0.458 e. The van der Waals surface area contributed by atoms with Crippen molar-refractivity contribution < 1.29 is 9.53 Å². The van der Waals surface area contributed by atoms with E-state index < -0.39 is 0 Å². The predicted molar refractivity (Wildman–Crippen MR) is 85.5 cm³/mol. The molecular formula is C18H27NO2. The molecule has 2 atom stereocenters. The molecule has 1 aliphatic carbocycles. The first kappa shape index (κ1) is 16.0. The maximum atomic E-state index is 12.5. The lowest BCUT2D eigenvalue weighted by atomic mass is 9.84. The average molecular weight is 289 g/mol. The summed E-state index contributed by atoms with van der Waals surface area (Å²) in [6.07, 6.45) is 6.71. The highest BCUT2D eigenvalue weighted by molar-refractivity contribution is 5.91. The number of carbonyl (C=O) groups is 1. The van der Waals surface area contributed by atoms with Gasteiger partial charge in [0, 0.05) is 0 Å². The molecule has 2 rings (SSSR count). The fraction of sp³-hybridized carbons (Fsp3) is 0.611. The van der Waals surface area contributed by atoms with Crippen molar-refractivity contribution in [1.29, 1.82) is 0 Å². The highest BCUT2D eigenvalue weighted by Crippen LogP contribution is 2.30. The van der Waals surface area contributed by atoms with Gasteiger partial charge in [-0.2, -0.15) is 0 Å². The molecule has 0 heterocycles. The minimum absolute atomic E-state index is 0.105. The lowest BCUT2D eigenvalue weighted by molar-refractivity contribution is 0.000605. The van der Waals surface area contributed by atoms with E-state index in [-0.39, 0.29) is 12.1 Å². The summed E-state index contributed by atoms with van der Waals surface area (Å²) in [4.78, 5) is 12.5. The van der Waals surface area contributed by atoms with E-state index in [4.69, 9.17) is 4.74 Å². The Morgan fingerprint density at radius 2 is 2.05 bits per heavy atom. The Balaban J connectivity index is 2.05. The van der Waals surface area contributed by atoms with Crippen LogP contribution in [0.4, 0.5) is 0 Å². The van der Waals surface area contributed by atoms with Crippen molar-refractivity contribution in [2.24, 2.45) is 5.92 Å². The zero-order valence-electron chi connectivity index (χ0n) is 13.2. The van der Waals surface area contributed by atoms with Crippen LogP contribution in [0.5, 0.6) is 0 Å². The Morgan fingerprint density at radius 3 is 2.81 bits per heavy atom. The van der Waals surface area contributed by atoms with Crippen LogP contribution in [0, 0.1) is 5.92 Å². The third kappa shape index (κ3) is 4.31. The number of likely N-dealkylation sites (N-methyl/N-ethyl adjacent to an activating group) is 1. The normalized spacial score (nSPS) is 22.0. The molecule has 1 saturated carbocycles. The molecule has 21 heavy (non-hydrogen) atoms. The molecule has 0 aromatic heterocycles. The van der Waals surface area contributed by atoms with Crippen molar-refractivity contribution >= 4 is 5.97 Å². The van der Waals surface area contributed by atoms with Gasteiger partial charge < -0.3 is 10.1 Å². The van der Waals surface area contributed by atoms with E-state index in [1.165, 1.54) is 19.3 Å². The number of rotatable bonds is 6. The maximum absolute atomic E-state index is 12.5. The summed E-state index contributed by atoms with van der Waals surface area (Å²) < 4.78 is 5.84. The van der Waals surface area contributed by atoms with Gasteiger partial charge in [0.1, 0.15) is 6.10 Å². The highest BCUT2D eigenvalue weighted by atomic mass is 16.5. The van der Waals surface area contributed by atoms with Crippen molar-refractivity contribution in [2.75, 3.05) is 13.6 Å². The van der Waals surface area contributed by atoms with E-state index in [1.54, 1.807) is 0 Å². The zero-order valence-corrected chi connectivity index (χ0v) is 13.2. The van der Waals surface area contributed by atoms with Crippen molar-refractivity contribution in [3.63, 3.8) is 0 Å². The Hall–Kier alpha value is -1.35.